The molecule has 0 aromatic heterocycles. The third-order valence-electron chi connectivity index (χ3n) is 8.14. The van der Waals surface area contributed by atoms with Gasteiger partial charge in [0.15, 0.2) is 11.6 Å². The number of ether oxygens (including phenoxy) is 2. The molecular formula is C36H37N9O4. The summed E-state index contributed by atoms with van der Waals surface area (Å²) in [5, 5.41) is 16.7. The van der Waals surface area contributed by atoms with Gasteiger partial charge in [-0.3, -0.25) is 10.2 Å². The minimum Gasteiger partial charge on any atom is -0.494 e. The zero-order valence-electron chi connectivity index (χ0n) is 26.9. The largest absolute Gasteiger partial charge is 0.494 e. The SMILES string of the molecule is [N-]=[N+]=NCc1ccccc1C[C@]1(C(=O)NNCCc2ccccc2)N=C(c2ccc(OCCCO)cc2)O[C@H]1c1ccccc1CN=[N+]=[N-]. The van der Waals surface area contributed by atoms with Gasteiger partial charge in [0, 0.05) is 41.4 Å². The lowest BCUT2D eigenvalue weighted by Crippen LogP contribution is -2.54. The summed E-state index contributed by atoms with van der Waals surface area (Å²) in [6.07, 6.45) is 0.353. The number of amides is 1. The lowest BCUT2D eigenvalue weighted by atomic mass is 9.80. The van der Waals surface area contributed by atoms with E-state index in [0.717, 1.165) is 16.7 Å². The van der Waals surface area contributed by atoms with Crippen LogP contribution in [0.3, 0.4) is 0 Å². The van der Waals surface area contributed by atoms with E-state index in [1.165, 1.54) is 0 Å². The average Bonchev–Trinajstić information content (AvgIpc) is 3.53. The van der Waals surface area contributed by atoms with Crippen molar-refractivity contribution in [3.8, 4) is 5.75 Å². The Kier molecular flexibility index (Phi) is 12.2. The molecule has 4 aromatic rings. The number of hydrogen-bond acceptors (Lipinski definition) is 8. The second kappa shape index (κ2) is 17.4. The second-order valence-electron chi connectivity index (χ2n) is 11.3. The molecule has 0 saturated heterocycles. The summed E-state index contributed by atoms with van der Waals surface area (Å²) in [4.78, 5) is 25.6. The molecule has 0 aliphatic carbocycles. The monoisotopic (exact) mass is 659 g/mol. The number of aliphatic hydroxyl groups is 1. The summed E-state index contributed by atoms with van der Waals surface area (Å²) in [7, 11) is 0. The highest BCUT2D eigenvalue weighted by Gasteiger charge is 2.54. The number of nitrogens with zero attached hydrogens (tertiary/aromatic N) is 7. The molecule has 1 aliphatic rings. The van der Waals surface area contributed by atoms with Gasteiger partial charge in [-0.2, -0.15) is 0 Å². The highest BCUT2D eigenvalue weighted by Crippen LogP contribution is 2.44. The van der Waals surface area contributed by atoms with E-state index in [1.807, 2.05) is 78.9 Å². The van der Waals surface area contributed by atoms with Gasteiger partial charge in [0.25, 0.3) is 5.91 Å². The molecule has 1 aliphatic heterocycles. The number of nitrogens with one attached hydrogen (secondary N) is 2. The first-order valence-corrected chi connectivity index (χ1v) is 15.9. The van der Waals surface area contributed by atoms with E-state index in [-0.39, 0.29) is 32.0 Å². The van der Waals surface area contributed by atoms with Gasteiger partial charge >= 0.3 is 0 Å². The number of aliphatic imine (C=N–C) groups is 1. The molecule has 250 valence electrons. The smallest absolute Gasteiger partial charge is 0.266 e. The van der Waals surface area contributed by atoms with E-state index >= 15 is 0 Å². The number of carbonyl (C=O) groups excluding carboxylic acids is 1. The van der Waals surface area contributed by atoms with Crippen molar-refractivity contribution in [2.24, 2.45) is 15.2 Å². The van der Waals surface area contributed by atoms with Crippen LogP contribution in [-0.4, -0.2) is 42.2 Å². The normalized spacial score (nSPS) is 16.4. The second-order valence-corrected chi connectivity index (χ2v) is 11.3. The first kappa shape index (κ1) is 34.5. The maximum absolute atomic E-state index is 14.6. The van der Waals surface area contributed by atoms with Crippen LogP contribution < -0.4 is 15.6 Å². The van der Waals surface area contributed by atoms with Crippen LogP contribution in [0, 0.1) is 0 Å². The number of benzene rings is 4. The van der Waals surface area contributed by atoms with Crippen molar-refractivity contribution in [1.82, 2.24) is 10.9 Å². The molecular weight excluding hydrogens is 622 g/mol. The standard InChI is InChI=1S/C36H37N9O4/c37-44-40-24-29-12-5-4-11-28(29)23-36(35(47)43-39-20-19-26-9-2-1-3-10-26)33(32-14-7-6-13-30(32)25-41-45-38)49-34(42-36)27-15-17-31(18-16-27)48-22-8-21-46/h1-7,9-18,33,39,46H,8,19-25H2,(H,43,47)/t33-,36-/m0/s1. The summed E-state index contributed by atoms with van der Waals surface area (Å²) < 4.78 is 12.4. The Morgan fingerprint density at radius 1 is 0.878 bits per heavy atom. The Morgan fingerprint density at radius 3 is 2.24 bits per heavy atom. The lowest BCUT2D eigenvalue weighted by molar-refractivity contribution is -0.130. The zero-order chi connectivity index (χ0) is 34.3. The first-order valence-electron chi connectivity index (χ1n) is 15.9. The maximum Gasteiger partial charge on any atom is 0.266 e. The number of rotatable bonds is 17. The molecule has 0 bridgehead atoms. The third-order valence-corrected chi connectivity index (χ3v) is 8.14. The van der Waals surface area contributed by atoms with Crippen LogP contribution in [0.5, 0.6) is 5.75 Å². The van der Waals surface area contributed by atoms with Gasteiger partial charge < -0.3 is 14.6 Å². The van der Waals surface area contributed by atoms with E-state index < -0.39 is 17.6 Å². The first-order chi connectivity index (χ1) is 24.1. The summed E-state index contributed by atoms with van der Waals surface area (Å²) >= 11 is 0. The number of aliphatic hydroxyl groups excluding tert-OH is 1. The molecule has 13 nitrogen and oxygen atoms in total. The summed E-state index contributed by atoms with van der Waals surface area (Å²) in [6, 6.07) is 31.9. The Bertz CT molecular complexity index is 1840. The molecule has 0 unspecified atom stereocenters. The van der Waals surface area contributed by atoms with Gasteiger partial charge in [-0.1, -0.05) is 89.1 Å². The Hall–Kier alpha value is -5.84. The van der Waals surface area contributed by atoms with Crippen molar-refractivity contribution in [3.05, 3.63) is 157 Å². The predicted octanol–water partition coefficient (Wildman–Crippen LogP) is 6.43. The van der Waals surface area contributed by atoms with Crippen LogP contribution >= 0.6 is 0 Å². The van der Waals surface area contributed by atoms with E-state index in [0.29, 0.717) is 48.4 Å². The summed E-state index contributed by atoms with van der Waals surface area (Å²) in [6.45, 7) is 0.998. The Morgan fingerprint density at radius 2 is 1.53 bits per heavy atom. The van der Waals surface area contributed by atoms with E-state index in [1.54, 1.807) is 24.3 Å². The summed E-state index contributed by atoms with van der Waals surface area (Å²) in [5.74, 6) is 0.435. The minimum atomic E-state index is -1.55. The molecule has 4 aromatic carbocycles. The van der Waals surface area contributed by atoms with Gasteiger partial charge in [-0.15, -0.1) is 0 Å². The molecule has 0 radical (unpaired) electrons. The fourth-order valence-corrected chi connectivity index (χ4v) is 5.69. The fraction of sp³-hybridized carbons (Fsp3) is 0.278. The molecule has 0 saturated carbocycles. The van der Waals surface area contributed by atoms with Crippen molar-refractivity contribution in [2.75, 3.05) is 19.8 Å². The molecule has 13 heteroatoms. The highest BCUT2D eigenvalue weighted by molar-refractivity contribution is 6.01. The molecule has 0 fully saturated rings. The van der Waals surface area contributed by atoms with E-state index in [4.69, 9.17) is 30.6 Å². The van der Waals surface area contributed by atoms with E-state index in [9.17, 15) is 4.79 Å². The fourth-order valence-electron chi connectivity index (χ4n) is 5.69. The molecule has 1 heterocycles. The van der Waals surface area contributed by atoms with Crippen molar-refractivity contribution in [2.45, 2.75) is 44.0 Å². The number of carbonyl (C=O) groups is 1. The Labute approximate surface area is 283 Å². The van der Waals surface area contributed by atoms with Crippen molar-refractivity contribution in [1.29, 1.82) is 0 Å². The number of hydrazine groups is 1. The number of azide groups is 2. The maximum atomic E-state index is 14.6. The molecule has 3 N–H and O–H groups in total. The summed E-state index contributed by atoms with van der Waals surface area (Å²) in [5.41, 5.74) is 27.2. The van der Waals surface area contributed by atoms with Crippen molar-refractivity contribution in [3.63, 3.8) is 0 Å². The molecule has 0 spiro atoms. The highest BCUT2D eigenvalue weighted by atomic mass is 16.5. The van der Waals surface area contributed by atoms with Gasteiger partial charge in [-0.05, 0) is 69.6 Å². The number of hydrogen-bond donors (Lipinski definition) is 3. The van der Waals surface area contributed by atoms with E-state index in [2.05, 4.69) is 30.9 Å². The van der Waals surface area contributed by atoms with Crippen molar-refractivity contribution < 1.29 is 19.4 Å². The van der Waals surface area contributed by atoms with Crippen LogP contribution in [0.25, 0.3) is 20.9 Å². The molecule has 2 atom stereocenters. The molecule has 49 heavy (non-hydrogen) atoms. The van der Waals surface area contributed by atoms with Gasteiger partial charge in [0.05, 0.1) is 19.7 Å². The lowest BCUT2D eigenvalue weighted by Gasteiger charge is -2.32. The van der Waals surface area contributed by atoms with Crippen LogP contribution in [0.1, 0.15) is 45.9 Å². The van der Waals surface area contributed by atoms with Crippen LogP contribution in [0.2, 0.25) is 0 Å². The average molecular weight is 660 g/mol. The van der Waals surface area contributed by atoms with Crippen LogP contribution in [-0.2, 0) is 35.5 Å². The zero-order valence-corrected chi connectivity index (χ0v) is 26.9. The topological polar surface area (TPSA) is 190 Å². The molecule has 1 amide bonds. The quantitative estimate of drug-likeness (QED) is 0.0386. The van der Waals surface area contributed by atoms with Gasteiger partial charge in [0.1, 0.15) is 5.75 Å². The Balaban J connectivity index is 1.58. The van der Waals surface area contributed by atoms with Gasteiger partial charge in [0.2, 0.25) is 5.90 Å². The minimum absolute atomic E-state index is 0.0303. The molecule has 5 rings (SSSR count). The predicted molar refractivity (Wildman–Crippen MR) is 185 cm³/mol. The third kappa shape index (κ3) is 8.75. The van der Waals surface area contributed by atoms with Crippen LogP contribution in [0.4, 0.5) is 0 Å². The van der Waals surface area contributed by atoms with Gasteiger partial charge in [-0.25, -0.2) is 10.4 Å². The van der Waals surface area contributed by atoms with Crippen molar-refractivity contribution >= 4 is 11.8 Å². The van der Waals surface area contributed by atoms with Crippen LogP contribution in [0.15, 0.2) is 118 Å².